The summed E-state index contributed by atoms with van der Waals surface area (Å²) in [5.41, 5.74) is 4.51. The number of anilines is 5. The Labute approximate surface area is 186 Å². The van der Waals surface area contributed by atoms with Gasteiger partial charge in [0.05, 0.1) is 19.5 Å². The highest BCUT2D eigenvalue weighted by molar-refractivity contribution is 5.87. The van der Waals surface area contributed by atoms with E-state index < -0.39 is 0 Å². The van der Waals surface area contributed by atoms with Crippen molar-refractivity contribution in [3.8, 4) is 0 Å². The first kappa shape index (κ1) is 20.2. The minimum atomic E-state index is 0.226. The van der Waals surface area contributed by atoms with Gasteiger partial charge in [-0.25, -0.2) is 4.98 Å². The van der Waals surface area contributed by atoms with Gasteiger partial charge in [0.1, 0.15) is 0 Å². The molecule has 164 valence electrons. The standard InChI is InChI=1S/C23H26N8O/c1-16(2)31-15-25-20-21(28-23(29-22(20)31)27-18-7-9-24-10-8-18)26-17-3-5-19(6-4-17)30-11-13-32-14-12-30/h3-10,15-16H,11-14H2,1-2H3,(H2,24,26,27,28,29). The van der Waals surface area contributed by atoms with E-state index in [-0.39, 0.29) is 6.04 Å². The first-order chi connectivity index (χ1) is 15.7. The summed E-state index contributed by atoms with van der Waals surface area (Å²) in [5, 5.41) is 6.70. The number of rotatable bonds is 6. The molecule has 0 bridgehead atoms. The van der Waals surface area contributed by atoms with Crippen LogP contribution in [0.25, 0.3) is 11.2 Å². The summed E-state index contributed by atoms with van der Waals surface area (Å²) in [5.74, 6) is 1.16. The second-order valence-corrected chi connectivity index (χ2v) is 7.95. The molecule has 1 aliphatic rings. The van der Waals surface area contributed by atoms with Crippen molar-refractivity contribution in [3.63, 3.8) is 0 Å². The van der Waals surface area contributed by atoms with Crippen LogP contribution in [-0.4, -0.2) is 50.8 Å². The van der Waals surface area contributed by atoms with E-state index in [1.54, 1.807) is 12.4 Å². The Morgan fingerprint density at radius 3 is 2.34 bits per heavy atom. The maximum Gasteiger partial charge on any atom is 0.231 e. The molecule has 1 aliphatic heterocycles. The Hall–Kier alpha value is -3.72. The van der Waals surface area contributed by atoms with Crippen molar-refractivity contribution in [2.24, 2.45) is 0 Å². The van der Waals surface area contributed by atoms with Crippen LogP contribution in [0.3, 0.4) is 0 Å². The Balaban J connectivity index is 1.46. The van der Waals surface area contributed by atoms with Crippen molar-refractivity contribution >= 4 is 40.0 Å². The predicted octanol–water partition coefficient (Wildman–Crippen LogP) is 4.13. The number of hydrogen-bond acceptors (Lipinski definition) is 8. The van der Waals surface area contributed by atoms with E-state index in [0.29, 0.717) is 11.8 Å². The summed E-state index contributed by atoms with van der Waals surface area (Å²) in [4.78, 5) is 20.4. The number of hydrogen-bond donors (Lipinski definition) is 2. The van der Waals surface area contributed by atoms with Gasteiger partial charge >= 0.3 is 0 Å². The quantitative estimate of drug-likeness (QED) is 0.472. The lowest BCUT2D eigenvalue weighted by molar-refractivity contribution is 0.122. The maximum absolute atomic E-state index is 5.45. The van der Waals surface area contributed by atoms with Gasteiger partial charge in [0.15, 0.2) is 17.0 Å². The van der Waals surface area contributed by atoms with Crippen LogP contribution in [0.15, 0.2) is 55.1 Å². The minimum Gasteiger partial charge on any atom is -0.378 e. The Bertz CT molecular complexity index is 1180. The number of pyridine rings is 1. The smallest absolute Gasteiger partial charge is 0.231 e. The highest BCUT2D eigenvalue weighted by Crippen LogP contribution is 2.28. The number of imidazole rings is 1. The number of aromatic nitrogens is 5. The van der Waals surface area contributed by atoms with E-state index in [2.05, 4.69) is 63.6 Å². The second kappa shape index (κ2) is 8.80. The molecular formula is C23H26N8O. The molecule has 0 radical (unpaired) electrons. The molecule has 0 unspecified atom stereocenters. The van der Waals surface area contributed by atoms with Gasteiger partial charge in [-0.3, -0.25) is 4.98 Å². The van der Waals surface area contributed by atoms with Crippen molar-refractivity contribution in [1.29, 1.82) is 0 Å². The number of nitrogens with one attached hydrogen (secondary N) is 2. The molecule has 4 heterocycles. The van der Waals surface area contributed by atoms with Crippen LogP contribution in [0.4, 0.5) is 28.8 Å². The van der Waals surface area contributed by atoms with Crippen LogP contribution in [0.1, 0.15) is 19.9 Å². The van der Waals surface area contributed by atoms with Crippen LogP contribution < -0.4 is 15.5 Å². The van der Waals surface area contributed by atoms with E-state index in [0.717, 1.165) is 48.8 Å². The average molecular weight is 431 g/mol. The summed E-state index contributed by atoms with van der Waals surface area (Å²) in [6.07, 6.45) is 5.27. The highest BCUT2D eigenvalue weighted by atomic mass is 16.5. The minimum absolute atomic E-state index is 0.226. The van der Waals surface area contributed by atoms with Gasteiger partial charge in [0.2, 0.25) is 5.95 Å². The first-order valence-electron chi connectivity index (χ1n) is 10.8. The molecule has 32 heavy (non-hydrogen) atoms. The molecule has 3 aromatic heterocycles. The van der Waals surface area contributed by atoms with Crippen molar-refractivity contribution < 1.29 is 4.74 Å². The lowest BCUT2D eigenvalue weighted by Gasteiger charge is -2.28. The van der Waals surface area contributed by atoms with Gasteiger partial charge < -0.3 is 24.8 Å². The molecule has 1 saturated heterocycles. The third-order valence-electron chi connectivity index (χ3n) is 5.42. The zero-order valence-corrected chi connectivity index (χ0v) is 18.2. The Morgan fingerprint density at radius 1 is 0.906 bits per heavy atom. The molecular weight excluding hydrogens is 404 g/mol. The van der Waals surface area contributed by atoms with Crippen LogP contribution in [0.5, 0.6) is 0 Å². The van der Waals surface area contributed by atoms with Gasteiger partial charge in [-0.1, -0.05) is 0 Å². The molecule has 1 fully saturated rings. The summed E-state index contributed by atoms with van der Waals surface area (Å²) in [7, 11) is 0. The van der Waals surface area contributed by atoms with Crippen molar-refractivity contribution in [3.05, 3.63) is 55.1 Å². The van der Waals surface area contributed by atoms with Gasteiger partial charge in [-0.2, -0.15) is 9.97 Å². The van der Waals surface area contributed by atoms with Gasteiger partial charge in [-0.05, 0) is 50.2 Å². The van der Waals surface area contributed by atoms with Gasteiger partial charge in [-0.15, -0.1) is 0 Å². The second-order valence-electron chi connectivity index (χ2n) is 7.95. The molecule has 5 rings (SSSR count). The van der Waals surface area contributed by atoms with Crippen LogP contribution in [-0.2, 0) is 4.74 Å². The SMILES string of the molecule is CC(C)n1cnc2c(Nc3ccc(N4CCOCC4)cc3)nc(Nc3ccncc3)nc21. The summed E-state index contributed by atoms with van der Waals surface area (Å²) in [6, 6.07) is 12.4. The number of nitrogens with zero attached hydrogens (tertiary/aromatic N) is 6. The van der Waals surface area contributed by atoms with Crippen molar-refractivity contribution in [1.82, 2.24) is 24.5 Å². The fraction of sp³-hybridized carbons (Fsp3) is 0.304. The zero-order chi connectivity index (χ0) is 21.9. The predicted molar refractivity (Wildman–Crippen MR) is 126 cm³/mol. The van der Waals surface area contributed by atoms with Crippen LogP contribution in [0, 0.1) is 0 Å². The van der Waals surface area contributed by atoms with Gasteiger partial charge in [0.25, 0.3) is 0 Å². The monoisotopic (exact) mass is 430 g/mol. The van der Waals surface area contributed by atoms with E-state index in [4.69, 9.17) is 14.7 Å². The number of benzene rings is 1. The van der Waals surface area contributed by atoms with E-state index in [1.807, 2.05) is 23.0 Å². The fourth-order valence-electron chi connectivity index (χ4n) is 3.72. The highest BCUT2D eigenvalue weighted by Gasteiger charge is 2.16. The van der Waals surface area contributed by atoms with E-state index in [9.17, 15) is 0 Å². The molecule has 9 nitrogen and oxygen atoms in total. The lowest BCUT2D eigenvalue weighted by atomic mass is 10.2. The maximum atomic E-state index is 5.45. The molecule has 9 heteroatoms. The zero-order valence-electron chi connectivity index (χ0n) is 18.2. The molecule has 0 atom stereocenters. The Kier molecular flexibility index (Phi) is 5.55. The van der Waals surface area contributed by atoms with E-state index in [1.165, 1.54) is 5.69 Å². The van der Waals surface area contributed by atoms with Crippen LogP contribution >= 0.6 is 0 Å². The molecule has 1 aromatic carbocycles. The van der Waals surface area contributed by atoms with Gasteiger partial charge in [0, 0.05) is 48.6 Å². The molecule has 0 aliphatic carbocycles. The van der Waals surface area contributed by atoms with Crippen molar-refractivity contribution in [2.75, 3.05) is 41.8 Å². The molecule has 4 aromatic rings. The average Bonchev–Trinajstić information content (AvgIpc) is 3.25. The molecule has 0 saturated carbocycles. The molecule has 0 amide bonds. The Morgan fingerprint density at radius 2 is 1.62 bits per heavy atom. The lowest BCUT2D eigenvalue weighted by Crippen LogP contribution is -2.36. The number of ether oxygens (including phenoxy) is 1. The summed E-state index contributed by atoms with van der Waals surface area (Å²) in [6.45, 7) is 7.58. The van der Waals surface area contributed by atoms with Crippen LogP contribution in [0.2, 0.25) is 0 Å². The fourth-order valence-corrected chi connectivity index (χ4v) is 3.72. The van der Waals surface area contributed by atoms with Crippen molar-refractivity contribution in [2.45, 2.75) is 19.9 Å². The summed E-state index contributed by atoms with van der Waals surface area (Å²) >= 11 is 0. The topological polar surface area (TPSA) is 93.0 Å². The third kappa shape index (κ3) is 4.19. The first-order valence-corrected chi connectivity index (χ1v) is 10.8. The largest absolute Gasteiger partial charge is 0.378 e. The number of morpholine rings is 1. The summed E-state index contributed by atoms with van der Waals surface area (Å²) < 4.78 is 7.49. The number of fused-ring (bicyclic) bond motifs is 1. The van der Waals surface area contributed by atoms with E-state index >= 15 is 0 Å². The normalized spacial score (nSPS) is 14.2. The third-order valence-corrected chi connectivity index (χ3v) is 5.42. The molecule has 2 N–H and O–H groups in total. The molecule has 0 spiro atoms.